The average molecular weight is 285 g/mol. The van der Waals surface area contributed by atoms with E-state index < -0.39 is 31.0 Å². The Labute approximate surface area is 111 Å². The Bertz CT molecular complexity index is 613. The fraction of sp³-hybridized carbons (Fsp3) is 0.417. The van der Waals surface area contributed by atoms with Gasteiger partial charge in [0.05, 0.1) is 9.67 Å². The van der Waals surface area contributed by atoms with Crippen LogP contribution >= 0.6 is 0 Å². The minimum Gasteiger partial charge on any atom is -0.293 e. The lowest BCUT2D eigenvalue weighted by Gasteiger charge is -2.18. The first-order valence-corrected chi connectivity index (χ1v) is 7.20. The quantitative estimate of drug-likeness (QED) is 0.479. The van der Waals surface area contributed by atoms with Crippen molar-refractivity contribution in [2.24, 2.45) is 0 Å². The molecule has 0 aliphatic heterocycles. The van der Waals surface area contributed by atoms with Gasteiger partial charge in [-0.25, -0.2) is 8.42 Å². The van der Waals surface area contributed by atoms with Gasteiger partial charge in [0.1, 0.15) is 5.75 Å². The van der Waals surface area contributed by atoms with Crippen LogP contribution in [0.5, 0.6) is 0 Å². The molecule has 0 atom stereocenters. The molecule has 0 aromatic heterocycles. The molecule has 0 bridgehead atoms. The maximum atomic E-state index is 11.9. The Morgan fingerprint density at radius 1 is 1.32 bits per heavy atom. The number of non-ortho nitro benzene ring substituents is 1. The normalized spacial score (nSPS) is 12.2. The van der Waals surface area contributed by atoms with E-state index in [0.29, 0.717) is 0 Å². The molecule has 104 valence electrons. The van der Waals surface area contributed by atoms with E-state index >= 15 is 0 Å². The van der Waals surface area contributed by atoms with Crippen LogP contribution in [0, 0.1) is 10.1 Å². The Kier molecular flexibility index (Phi) is 4.09. The van der Waals surface area contributed by atoms with Crippen molar-refractivity contribution >= 4 is 21.3 Å². The highest BCUT2D eigenvalue weighted by Crippen LogP contribution is 2.19. The Morgan fingerprint density at radius 2 is 1.89 bits per heavy atom. The summed E-state index contributed by atoms with van der Waals surface area (Å²) in [7, 11) is -3.60. The minimum atomic E-state index is -3.60. The van der Waals surface area contributed by atoms with Crippen molar-refractivity contribution in [2.45, 2.75) is 25.5 Å². The highest BCUT2D eigenvalue weighted by molar-refractivity contribution is 7.93. The summed E-state index contributed by atoms with van der Waals surface area (Å²) in [5.41, 5.74) is -0.207. The van der Waals surface area contributed by atoms with Gasteiger partial charge in [-0.1, -0.05) is 12.1 Å². The monoisotopic (exact) mass is 285 g/mol. The van der Waals surface area contributed by atoms with Crippen molar-refractivity contribution in [3.63, 3.8) is 0 Å². The van der Waals surface area contributed by atoms with Gasteiger partial charge in [0.25, 0.3) is 5.69 Å². The molecule has 0 spiro atoms. The number of nitro groups is 1. The van der Waals surface area contributed by atoms with Crippen molar-refractivity contribution in [1.29, 1.82) is 0 Å². The maximum Gasteiger partial charge on any atom is 0.270 e. The van der Waals surface area contributed by atoms with E-state index in [4.69, 9.17) is 0 Å². The van der Waals surface area contributed by atoms with Gasteiger partial charge < -0.3 is 0 Å². The standard InChI is InChI=1S/C12H15NO5S/c1-12(2,3)19(17,18)8-11(14)9-5-4-6-10(7-9)13(15)16/h4-7H,8H2,1-3H3. The molecule has 0 saturated carbocycles. The van der Waals surface area contributed by atoms with Crippen molar-refractivity contribution < 1.29 is 18.1 Å². The molecular weight excluding hydrogens is 270 g/mol. The molecule has 7 heteroatoms. The SMILES string of the molecule is CC(C)(C)S(=O)(=O)CC(=O)c1cccc([N+](=O)[O-])c1. The number of hydrogen-bond donors (Lipinski definition) is 0. The second-order valence-electron chi connectivity index (χ2n) is 5.10. The van der Waals surface area contributed by atoms with Gasteiger partial charge in [-0.15, -0.1) is 0 Å². The highest BCUT2D eigenvalue weighted by atomic mass is 32.2. The lowest BCUT2D eigenvalue weighted by molar-refractivity contribution is -0.384. The summed E-state index contributed by atoms with van der Waals surface area (Å²) in [6.07, 6.45) is 0. The third kappa shape index (κ3) is 3.60. The summed E-state index contributed by atoms with van der Waals surface area (Å²) in [6, 6.07) is 5.05. The average Bonchev–Trinajstić information content (AvgIpc) is 2.27. The lowest BCUT2D eigenvalue weighted by Crippen LogP contribution is -2.33. The van der Waals surface area contributed by atoms with Crippen LogP contribution in [0.25, 0.3) is 0 Å². The Morgan fingerprint density at radius 3 is 2.37 bits per heavy atom. The summed E-state index contributed by atoms with van der Waals surface area (Å²) in [5.74, 6) is -1.30. The fourth-order valence-corrected chi connectivity index (χ4v) is 2.21. The molecule has 0 amide bonds. The predicted octanol–water partition coefficient (Wildman–Crippen LogP) is 1.99. The van der Waals surface area contributed by atoms with E-state index in [2.05, 4.69) is 0 Å². The number of Topliss-reactive ketones (excluding diaryl/α,β-unsaturated/α-hetero) is 1. The molecule has 1 aromatic carbocycles. The Balaban J connectivity index is 3.03. The zero-order valence-electron chi connectivity index (χ0n) is 10.9. The lowest BCUT2D eigenvalue weighted by atomic mass is 10.1. The molecule has 0 aliphatic carbocycles. The second kappa shape index (κ2) is 5.08. The fourth-order valence-electron chi connectivity index (χ4n) is 1.27. The maximum absolute atomic E-state index is 11.9. The number of carbonyl (C=O) groups excluding carboxylic acids is 1. The van der Waals surface area contributed by atoms with E-state index in [1.165, 1.54) is 39.0 Å². The molecule has 19 heavy (non-hydrogen) atoms. The number of hydrogen-bond acceptors (Lipinski definition) is 5. The van der Waals surface area contributed by atoms with Crippen molar-refractivity contribution in [1.82, 2.24) is 0 Å². The third-order valence-electron chi connectivity index (χ3n) is 2.63. The second-order valence-corrected chi connectivity index (χ2v) is 7.84. The molecule has 1 aromatic rings. The topological polar surface area (TPSA) is 94.3 Å². The van der Waals surface area contributed by atoms with Crippen LogP contribution in [0.3, 0.4) is 0 Å². The summed E-state index contributed by atoms with van der Waals surface area (Å²) >= 11 is 0. The van der Waals surface area contributed by atoms with Gasteiger partial charge in [-0.05, 0) is 20.8 Å². The molecule has 6 nitrogen and oxygen atoms in total. The van der Waals surface area contributed by atoms with E-state index in [0.717, 1.165) is 6.07 Å². The van der Waals surface area contributed by atoms with Gasteiger partial charge >= 0.3 is 0 Å². The number of sulfone groups is 1. The summed E-state index contributed by atoms with van der Waals surface area (Å²) in [4.78, 5) is 21.8. The number of ketones is 1. The molecule has 0 unspecified atom stereocenters. The first kappa shape index (κ1) is 15.3. The van der Waals surface area contributed by atoms with Crippen LogP contribution in [-0.2, 0) is 9.84 Å². The smallest absolute Gasteiger partial charge is 0.270 e. The predicted molar refractivity (Wildman–Crippen MR) is 71.0 cm³/mol. The van der Waals surface area contributed by atoms with Gasteiger partial charge in [0, 0.05) is 17.7 Å². The minimum absolute atomic E-state index is 0.0297. The largest absolute Gasteiger partial charge is 0.293 e. The van der Waals surface area contributed by atoms with Gasteiger partial charge in [-0.3, -0.25) is 14.9 Å². The van der Waals surface area contributed by atoms with E-state index in [9.17, 15) is 23.3 Å². The number of benzene rings is 1. The molecule has 0 heterocycles. The van der Waals surface area contributed by atoms with Crippen LogP contribution in [-0.4, -0.2) is 29.6 Å². The van der Waals surface area contributed by atoms with E-state index in [1.807, 2.05) is 0 Å². The molecule has 0 aliphatic rings. The van der Waals surface area contributed by atoms with Crippen LogP contribution in [0.2, 0.25) is 0 Å². The van der Waals surface area contributed by atoms with Crippen LogP contribution in [0.15, 0.2) is 24.3 Å². The molecular formula is C12H15NO5S. The zero-order chi connectivity index (χ0) is 14.8. The van der Waals surface area contributed by atoms with Gasteiger partial charge in [0.2, 0.25) is 0 Å². The first-order chi connectivity index (χ1) is 8.54. The summed E-state index contributed by atoms with van der Waals surface area (Å²) in [6.45, 7) is 4.51. The molecule has 0 radical (unpaired) electrons. The third-order valence-corrected chi connectivity index (χ3v) is 5.14. The van der Waals surface area contributed by atoms with Crippen LogP contribution in [0.1, 0.15) is 31.1 Å². The molecule has 0 N–H and O–H groups in total. The first-order valence-electron chi connectivity index (χ1n) is 5.54. The van der Waals surface area contributed by atoms with Gasteiger partial charge in [0.15, 0.2) is 15.6 Å². The van der Waals surface area contributed by atoms with Crippen molar-refractivity contribution in [3.8, 4) is 0 Å². The number of nitrogens with zero attached hydrogens (tertiary/aromatic N) is 1. The molecule has 1 rings (SSSR count). The van der Waals surface area contributed by atoms with Crippen LogP contribution < -0.4 is 0 Å². The highest BCUT2D eigenvalue weighted by Gasteiger charge is 2.31. The number of rotatable bonds is 4. The van der Waals surface area contributed by atoms with Gasteiger partial charge in [-0.2, -0.15) is 0 Å². The molecule has 0 saturated heterocycles. The van der Waals surface area contributed by atoms with Crippen molar-refractivity contribution in [2.75, 3.05) is 5.75 Å². The summed E-state index contributed by atoms with van der Waals surface area (Å²) in [5, 5.41) is 10.6. The number of carbonyl (C=O) groups is 1. The van der Waals surface area contributed by atoms with E-state index in [-0.39, 0.29) is 11.3 Å². The van der Waals surface area contributed by atoms with Crippen LogP contribution in [0.4, 0.5) is 5.69 Å². The Hall–Kier alpha value is -1.76. The number of nitro benzene ring substituents is 1. The van der Waals surface area contributed by atoms with E-state index in [1.54, 1.807) is 0 Å². The zero-order valence-corrected chi connectivity index (χ0v) is 11.7. The van der Waals surface area contributed by atoms with Crippen molar-refractivity contribution in [3.05, 3.63) is 39.9 Å². The molecule has 0 fully saturated rings. The summed E-state index contributed by atoms with van der Waals surface area (Å²) < 4.78 is 22.8.